The standard InChI is InChI=1S/C14H21NO/c1-10(2)16-13-7-5-4-6-12(13)14(8-9-14)11(3)15/h4-7,10-11H,8-9,15H2,1-3H3. The highest BCUT2D eigenvalue weighted by molar-refractivity contribution is 5.44. The summed E-state index contributed by atoms with van der Waals surface area (Å²) in [6.07, 6.45) is 2.58. The van der Waals surface area contributed by atoms with Gasteiger partial charge in [-0.05, 0) is 39.7 Å². The number of hydrogen-bond acceptors (Lipinski definition) is 2. The molecule has 0 radical (unpaired) electrons. The smallest absolute Gasteiger partial charge is 0.123 e. The summed E-state index contributed by atoms with van der Waals surface area (Å²) in [6.45, 7) is 6.21. The van der Waals surface area contributed by atoms with Gasteiger partial charge in [-0.2, -0.15) is 0 Å². The average Bonchev–Trinajstić information content (AvgIpc) is 2.98. The fourth-order valence-corrected chi connectivity index (χ4v) is 2.34. The van der Waals surface area contributed by atoms with Gasteiger partial charge in [-0.3, -0.25) is 0 Å². The van der Waals surface area contributed by atoms with Gasteiger partial charge in [0.2, 0.25) is 0 Å². The molecule has 0 amide bonds. The Morgan fingerprint density at radius 1 is 1.19 bits per heavy atom. The lowest BCUT2D eigenvalue weighted by atomic mass is 9.89. The van der Waals surface area contributed by atoms with Crippen LogP contribution in [0.1, 0.15) is 39.2 Å². The maximum absolute atomic E-state index is 6.11. The van der Waals surface area contributed by atoms with E-state index < -0.39 is 0 Å². The number of hydrogen-bond donors (Lipinski definition) is 1. The minimum absolute atomic E-state index is 0.172. The Hall–Kier alpha value is -1.02. The van der Waals surface area contributed by atoms with E-state index in [9.17, 15) is 0 Å². The molecule has 0 spiro atoms. The number of nitrogens with two attached hydrogens (primary N) is 1. The molecule has 1 aliphatic carbocycles. The maximum Gasteiger partial charge on any atom is 0.123 e. The second kappa shape index (κ2) is 4.10. The summed E-state index contributed by atoms with van der Waals surface area (Å²) in [6, 6.07) is 8.51. The summed E-state index contributed by atoms with van der Waals surface area (Å²) in [5.41, 5.74) is 7.57. The molecular weight excluding hydrogens is 198 g/mol. The molecule has 1 saturated carbocycles. The molecule has 1 aromatic carbocycles. The molecule has 2 nitrogen and oxygen atoms in total. The Kier molecular flexibility index (Phi) is 2.94. The first kappa shape index (κ1) is 11.5. The van der Waals surface area contributed by atoms with Crippen LogP contribution in [0.3, 0.4) is 0 Å². The summed E-state index contributed by atoms with van der Waals surface area (Å²) >= 11 is 0. The summed E-state index contributed by atoms with van der Waals surface area (Å²) in [5, 5.41) is 0. The summed E-state index contributed by atoms with van der Waals surface area (Å²) in [5.74, 6) is 1.01. The van der Waals surface area contributed by atoms with Crippen molar-refractivity contribution < 1.29 is 4.74 Å². The monoisotopic (exact) mass is 219 g/mol. The normalized spacial score (nSPS) is 19.6. The van der Waals surface area contributed by atoms with Crippen LogP contribution in [-0.2, 0) is 5.41 Å². The van der Waals surface area contributed by atoms with Crippen LogP contribution in [0.25, 0.3) is 0 Å². The second-order valence-electron chi connectivity index (χ2n) is 5.11. The van der Waals surface area contributed by atoms with Crippen molar-refractivity contribution in [1.82, 2.24) is 0 Å². The van der Waals surface area contributed by atoms with E-state index in [2.05, 4.69) is 39.0 Å². The fourth-order valence-electron chi connectivity index (χ4n) is 2.34. The SMILES string of the molecule is CC(C)Oc1ccccc1C1(C(C)N)CC1. The van der Waals surface area contributed by atoms with E-state index in [1.54, 1.807) is 0 Å². The molecule has 0 heterocycles. The Labute approximate surface area is 97.8 Å². The fraction of sp³-hybridized carbons (Fsp3) is 0.571. The Balaban J connectivity index is 2.33. The van der Waals surface area contributed by atoms with Gasteiger partial charge in [0.25, 0.3) is 0 Å². The predicted octanol–water partition coefficient (Wildman–Crippen LogP) is 2.85. The average molecular weight is 219 g/mol. The Bertz CT molecular complexity index is 367. The molecule has 2 N–H and O–H groups in total. The lowest BCUT2D eigenvalue weighted by Crippen LogP contribution is -2.32. The highest BCUT2D eigenvalue weighted by Gasteiger charge is 2.49. The van der Waals surface area contributed by atoms with Crippen molar-refractivity contribution in [3.8, 4) is 5.75 Å². The lowest BCUT2D eigenvalue weighted by Gasteiger charge is -2.24. The van der Waals surface area contributed by atoms with Crippen LogP contribution in [0, 0.1) is 0 Å². The van der Waals surface area contributed by atoms with E-state index >= 15 is 0 Å². The predicted molar refractivity (Wildman–Crippen MR) is 66.8 cm³/mol. The molecular formula is C14H21NO. The van der Waals surface area contributed by atoms with Crippen LogP contribution in [0.2, 0.25) is 0 Å². The van der Waals surface area contributed by atoms with Crippen molar-refractivity contribution in [2.45, 2.75) is 51.2 Å². The van der Waals surface area contributed by atoms with Crippen LogP contribution in [0.5, 0.6) is 5.75 Å². The van der Waals surface area contributed by atoms with Gasteiger partial charge < -0.3 is 10.5 Å². The van der Waals surface area contributed by atoms with Gasteiger partial charge in [0.05, 0.1) is 6.10 Å². The van der Waals surface area contributed by atoms with Crippen molar-refractivity contribution in [2.75, 3.05) is 0 Å². The van der Waals surface area contributed by atoms with Crippen LogP contribution < -0.4 is 10.5 Å². The molecule has 0 saturated heterocycles. The zero-order valence-corrected chi connectivity index (χ0v) is 10.4. The summed E-state index contributed by atoms with van der Waals surface area (Å²) in [7, 11) is 0. The quantitative estimate of drug-likeness (QED) is 0.845. The van der Waals surface area contributed by atoms with Gasteiger partial charge in [-0.15, -0.1) is 0 Å². The number of benzene rings is 1. The third-order valence-electron chi connectivity index (χ3n) is 3.45. The first-order valence-corrected chi connectivity index (χ1v) is 6.08. The molecule has 1 aromatic rings. The molecule has 0 aliphatic heterocycles. The van der Waals surface area contributed by atoms with Crippen molar-refractivity contribution in [3.05, 3.63) is 29.8 Å². The number of rotatable bonds is 4. The largest absolute Gasteiger partial charge is 0.491 e. The molecule has 1 atom stereocenters. The first-order chi connectivity index (χ1) is 7.56. The van der Waals surface area contributed by atoms with E-state index in [4.69, 9.17) is 10.5 Å². The zero-order valence-electron chi connectivity index (χ0n) is 10.4. The summed E-state index contributed by atoms with van der Waals surface area (Å²) < 4.78 is 5.87. The molecule has 1 aliphatic rings. The molecule has 88 valence electrons. The minimum atomic E-state index is 0.172. The molecule has 0 aromatic heterocycles. The first-order valence-electron chi connectivity index (χ1n) is 6.08. The van der Waals surface area contributed by atoms with Gasteiger partial charge in [0, 0.05) is 17.0 Å². The Morgan fingerprint density at radius 3 is 2.31 bits per heavy atom. The topological polar surface area (TPSA) is 35.2 Å². The molecule has 1 unspecified atom stereocenters. The van der Waals surface area contributed by atoms with Gasteiger partial charge in [-0.25, -0.2) is 0 Å². The van der Waals surface area contributed by atoms with Crippen molar-refractivity contribution >= 4 is 0 Å². The Morgan fingerprint density at radius 2 is 1.81 bits per heavy atom. The molecule has 2 heteroatoms. The third-order valence-corrected chi connectivity index (χ3v) is 3.45. The molecule has 16 heavy (non-hydrogen) atoms. The van der Waals surface area contributed by atoms with E-state index in [1.807, 2.05) is 6.07 Å². The minimum Gasteiger partial charge on any atom is -0.491 e. The maximum atomic E-state index is 6.11. The lowest BCUT2D eigenvalue weighted by molar-refractivity contribution is 0.237. The molecule has 1 fully saturated rings. The molecule has 2 rings (SSSR count). The van der Waals surface area contributed by atoms with Gasteiger partial charge in [0.15, 0.2) is 0 Å². The van der Waals surface area contributed by atoms with Crippen LogP contribution in [0.4, 0.5) is 0 Å². The second-order valence-corrected chi connectivity index (χ2v) is 5.11. The van der Waals surface area contributed by atoms with Crippen molar-refractivity contribution in [1.29, 1.82) is 0 Å². The molecule has 0 bridgehead atoms. The van der Waals surface area contributed by atoms with Crippen molar-refractivity contribution in [2.24, 2.45) is 5.73 Å². The van der Waals surface area contributed by atoms with Crippen LogP contribution >= 0.6 is 0 Å². The van der Waals surface area contributed by atoms with E-state index in [-0.39, 0.29) is 17.6 Å². The highest BCUT2D eigenvalue weighted by atomic mass is 16.5. The van der Waals surface area contributed by atoms with E-state index in [1.165, 1.54) is 18.4 Å². The van der Waals surface area contributed by atoms with Gasteiger partial charge >= 0.3 is 0 Å². The third kappa shape index (κ3) is 1.94. The van der Waals surface area contributed by atoms with E-state index in [0.29, 0.717) is 0 Å². The van der Waals surface area contributed by atoms with Crippen molar-refractivity contribution in [3.63, 3.8) is 0 Å². The number of ether oxygens (including phenoxy) is 1. The number of para-hydroxylation sites is 1. The van der Waals surface area contributed by atoms with Crippen LogP contribution in [0.15, 0.2) is 24.3 Å². The zero-order chi connectivity index (χ0) is 11.8. The van der Waals surface area contributed by atoms with E-state index in [0.717, 1.165) is 5.75 Å². The van der Waals surface area contributed by atoms with Crippen LogP contribution in [-0.4, -0.2) is 12.1 Å². The highest BCUT2D eigenvalue weighted by Crippen LogP contribution is 2.53. The summed E-state index contributed by atoms with van der Waals surface area (Å²) in [4.78, 5) is 0. The van der Waals surface area contributed by atoms with Gasteiger partial charge in [-0.1, -0.05) is 18.2 Å². The van der Waals surface area contributed by atoms with Gasteiger partial charge in [0.1, 0.15) is 5.75 Å².